The second kappa shape index (κ2) is 5.24. The monoisotopic (exact) mass is 269 g/mol. The Hall–Kier alpha value is -1.14. The van der Waals surface area contributed by atoms with Crippen molar-refractivity contribution in [1.29, 1.82) is 0 Å². The van der Waals surface area contributed by atoms with Gasteiger partial charge in [0.05, 0.1) is 0 Å². The first-order chi connectivity index (χ1) is 8.54. The van der Waals surface area contributed by atoms with E-state index in [1.54, 1.807) is 4.31 Å². The predicted octanol–water partition coefficient (Wildman–Crippen LogP) is 1.47. The van der Waals surface area contributed by atoms with E-state index in [0.717, 1.165) is 19.3 Å². The zero-order valence-corrected chi connectivity index (χ0v) is 11.4. The van der Waals surface area contributed by atoms with Crippen LogP contribution in [0.1, 0.15) is 26.2 Å². The van der Waals surface area contributed by atoms with Crippen LogP contribution < -0.4 is 5.73 Å². The van der Waals surface area contributed by atoms with Crippen molar-refractivity contribution in [1.82, 2.24) is 9.29 Å². The van der Waals surface area contributed by atoms with E-state index in [9.17, 15) is 8.42 Å². The molecular weight excluding hydrogens is 250 g/mol. The molecule has 0 aliphatic heterocycles. The number of sulfonamides is 1. The molecule has 0 saturated heterocycles. The first-order valence-corrected chi connectivity index (χ1v) is 7.69. The first-order valence-electron chi connectivity index (χ1n) is 6.25. The summed E-state index contributed by atoms with van der Waals surface area (Å²) < 4.78 is 26.5. The highest BCUT2D eigenvalue weighted by Gasteiger charge is 2.31. The lowest BCUT2D eigenvalue weighted by molar-refractivity contribution is 0.395. The lowest BCUT2D eigenvalue weighted by atomic mass is 10.4. The van der Waals surface area contributed by atoms with Crippen LogP contribution in [0.4, 0.5) is 5.82 Å². The van der Waals surface area contributed by atoms with Crippen molar-refractivity contribution in [3.8, 4) is 0 Å². The minimum atomic E-state index is -3.42. The molecule has 2 N–H and O–H groups in total. The van der Waals surface area contributed by atoms with Gasteiger partial charge in [0.1, 0.15) is 10.7 Å². The molecular formula is C12H19N3O2S. The van der Waals surface area contributed by atoms with E-state index in [-0.39, 0.29) is 4.90 Å². The fraction of sp³-hybridized carbons (Fsp3) is 0.583. The van der Waals surface area contributed by atoms with E-state index in [2.05, 4.69) is 4.98 Å². The number of anilines is 1. The van der Waals surface area contributed by atoms with Crippen molar-refractivity contribution in [2.45, 2.75) is 31.1 Å². The van der Waals surface area contributed by atoms with Crippen LogP contribution in [-0.4, -0.2) is 30.8 Å². The molecule has 0 radical (unpaired) electrons. The predicted molar refractivity (Wildman–Crippen MR) is 70.4 cm³/mol. The Kier molecular flexibility index (Phi) is 3.87. The Morgan fingerprint density at radius 3 is 2.67 bits per heavy atom. The number of nitrogens with two attached hydrogens (primary N) is 1. The van der Waals surface area contributed by atoms with Gasteiger partial charge < -0.3 is 5.73 Å². The summed E-state index contributed by atoms with van der Waals surface area (Å²) in [6, 6.07) is 3.04. The highest BCUT2D eigenvalue weighted by atomic mass is 32.2. The molecule has 1 aromatic heterocycles. The highest BCUT2D eigenvalue weighted by molar-refractivity contribution is 7.89. The maximum absolute atomic E-state index is 12.4. The number of pyridine rings is 1. The van der Waals surface area contributed by atoms with E-state index in [0.29, 0.717) is 24.8 Å². The van der Waals surface area contributed by atoms with Crippen molar-refractivity contribution in [3.05, 3.63) is 18.3 Å². The first kappa shape index (κ1) is 13.3. The fourth-order valence-corrected chi connectivity index (χ4v) is 3.39. The van der Waals surface area contributed by atoms with Crippen molar-refractivity contribution in [2.24, 2.45) is 5.92 Å². The van der Waals surface area contributed by atoms with Gasteiger partial charge in [-0.2, -0.15) is 4.31 Å². The summed E-state index contributed by atoms with van der Waals surface area (Å²) in [4.78, 5) is 4.08. The lowest BCUT2D eigenvalue weighted by Crippen LogP contribution is -2.33. The van der Waals surface area contributed by atoms with Crippen LogP contribution >= 0.6 is 0 Å². The van der Waals surface area contributed by atoms with Crippen LogP contribution in [0.5, 0.6) is 0 Å². The molecule has 0 atom stereocenters. The summed E-state index contributed by atoms with van der Waals surface area (Å²) in [5.74, 6) is 0.867. The Bertz CT molecular complexity index is 495. The number of hydrogen-bond acceptors (Lipinski definition) is 4. The smallest absolute Gasteiger partial charge is 0.244 e. The second-order valence-electron chi connectivity index (χ2n) is 4.73. The summed E-state index contributed by atoms with van der Waals surface area (Å²) in [5, 5.41) is 0. The molecule has 1 aliphatic rings. The van der Waals surface area contributed by atoms with Gasteiger partial charge in [0.15, 0.2) is 0 Å². The van der Waals surface area contributed by atoms with Gasteiger partial charge in [0.25, 0.3) is 0 Å². The van der Waals surface area contributed by atoms with Gasteiger partial charge in [-0.1, -0.05) is 6.92 Å². The molecule has 100 valence electrons. The van der Waals surface area contributed by atoms with Crippen molar-refractivity contribution in [2.75, 3.05) is 18.8 Å². The number of hydrogen-bond donors (Lipinski definition) is 1. The molecule has 1 fully saturated rings. The van der Waals surface area contributed by atoms with Gasteiger partial charge in [-0.25, -0.2) is 13.4 Å². The molecule has 1 aromatic rings. The molecule has 0 bridgehead atoms. The summed E-state index contributed by atoms with van der Waals surface area (Å²) in [6.45, 7) is 3.17. The largest absolute Gasteiger partial charge is 0.384 e. The van der Waals surface area contributed by atoms with Crippen LogP contribution in [0.2, 0.25) is 0 Å². The van der Waals surface area contributed by atoms with Crippen molar-refractivity contribution in [3.63, 3.8) is 0 Å². The third kappa shape index (κ3) is 3.00. The zero-order valence-electron chi connectivity index (χ0n) is 10.5. The molecule has 6 heteroatoms. The van der Waals surface area contributed by atoms with Gasteiger partial charge in [-0.05, 0) is 37.3 Å². The summed E-state index contributed by atoms with van der Waals surface area (Å²) in [6.07, 6.45) is 4.42. The summed E-state index contributed by atoms with van der Waals surface area (Å²) in [7, 11) is -3.42. The molecule has 1 heterocycles. The Labute approximate surface area is 108 Å². The Balaban J connectivity index is 2.22. The molecule has 2 rings (SSSR count). The van der Waals surface area contributed by atoms with E-state index >= 15 is 0 Å². The van der Waals surface area contributed by atoms with Gasteiger partial charge in [-0.3, -0.25) is 0 Å². The number of rotatable bonds is 6. The molecule has 0 spiro atoms. The van der Waals surface area contributed by atoms with Gasteiger partial charge in [0, 0.05) is 19.3 Å². The highest BCUT2D eigenvalue weighted by Crippen LogP contribution is 2.31. The minimum Gasteiger partial charge on any atom is -0.384 e. The number of nitrogen functional groups attached to an aromatic ring is 1. The Morgan fingerprint density at radius 2 is 2.17 bits per heavy atom. The molecule has 0 unspecified atom stereocenters. The summed E-state index contributed by atoms with van der Waals surface area (Å²) >= 11 is 0. The average molecular weight is 269 g/mol. The fourth-order valence-electron chi connectivity index (χ4n) is 1.84. The van der Waals surface area contributed by atoms with Crippen LogP contribution in [0.25, 0.3) is 0 Å². The topological polar surface area (TPSA) is 76.3 Å². The molecule has 1 saturated carbocycles. The molecule has 18 heavy (non-hydrogen) atoms. The molecule has 0 amide bonds. The van der Waals surface area contributed by atoms with Gasteiger partial charge in [0.2, 0.25) is 10.0 Å². The van der Waals surface area contributed by atoms with Gasteiger partial charge in [-0.15, -0.1) is 0 Å². The van der Waals surface area contributed by atoms with Gasteiger partial charge >= 0.3 is 0 Å². The maximum atomic E-state index is 12.4. The van der Waals surface area contributed by atoms with Crippen LogP contribution in [0, 0.1) is 5.92 Å². The number of nitrogens with zero attached hydrogens (tertiary/aromatic N) is 2. The molecule has 5 nitrogen and oxygen atoms in total. The normalized spacial score (nSPS) is 16.1. The summed E-state index contributed by atoms with van der Waals surface area (Å²) in [5.41, 5.74) is 5.48. The number of aromatic nitrogens is 1. The van der Waals surface area contributed by atoms with Crippen LogP contribution in [0.3, 0.4) is 0 Å². The van der Waals surface area contributed by atoms with E-state index in [1.165, 1.54) is 18.3 Å². The maximum Gasteiger partial charge on any atom is 0.244 e. The second-order valence-corrected chi connectivity index (χ2v) is 6.66. The van der Waals surface area contributed by atoms with E-state index in [1.807, 2.05) is 6.92 Å². The van der Waals surface area contributed by atoms with Crippen LogP contribution in [-0.2, 0) is 10.0 Å². The average Bonchev–Trinajstić information content (AvgIpc) is 3.13. The van der Waals surface area contributed by atoms with E-state index in [4.69, 9.17) is 5.73 Å². The van der Waals surface area contributed by atoms with Crippen LogP contribution in [0.15, 0.2) is 23.2 Å². The minimum absolute atomic E-state index is 0.228. The zero-order chi connectivity index (χ0) is 13.2. The Morgan fingerprint density at radius 1 is 1.44 bits per heavy atom. The SMILES string of the molecule is CCCN(CC1CC1)S(=O)(=O)c1ccc(N)nc1. The molecule has 1 aliphatic carbocycles. The third-order valence-corrected chi connectivity index (χ3v) is 4.88. The molecule has 0 aromatic carbocycles. The van der Waals surface area contributed by atoms with Crippen molar-refractivity contribution < 1.29 is 8.42 Å². The standard InChI is InChI=1S/C12H19N3O2S/c1-2-7-15(9-10-3-4-10)18(16,17)11-5-6-12(13)14-8-11/h5-6,8,10H,2-4,7,9H2,1H3,(H2,13,14). The lowest BCUT2D eigenvalue weighted by Gasteiger charge is -2.21. The van der Waals surface area contributed by atoms with Crippen molar-refractivity contribution >= 4 is 15.8 Å². The third-order valence-electron chi connectivity index (χ3n) is 3.03. The quantitative estimate of drug-likeness (QED) is 0.848. The van der Waals surface area contributed by atoms with E-state index < -0.39 is 10.0 Å².